The summed E-state index contributed by atoms with van der Waals surface area (Å²) in [5.74, 6) is 2.87. The van der Waals surface area contributed by atoms with Crippen molar-refractivity contribution in [2.75, 3.05) is 33.9 Å². The number of amidine groups is 2. The first-order valence-corrected chi connectivity index (χ1v) is 10.6. The van der Waals surface area contributed by atoms with E-state index in [2.05, 4.69) is 20.0 Å². The molecule has 2 aromatic rings. The van der Waals surface area contributed by atoms with E-state index < -0.39 is 10.0 Å². The number of rotatable bonds is 9. The van der Waals surface area contributed by atoms with Crippen LogP contribution in [0.15, 0.2) is 63.4 Å². The second kappa shape index (κ2) is 9.53. The smallest absolute Gasteiger partial charge is 0.240 e. The minimum Gasteiger partial charge on any atom is -0.497 e. The van der Waals surface area contributed by atoms with Crippen molar-refractivity contribution in [3.05, 3.63) is 54.1 Å². The predicted octanol–water partition coefficient (Wildman–Crippen LogP) is 1.63. The summed E-state index contributed by atoms with van der Waals surface area (Å²) >= 11 is 0. The van der Waals surface area contributed by atoms with Gasteiger partial charge in [0.15, 0.2) is 0 Å². The van der Waals surface area contributed by atoms with E-state index >= 15 is 0 Å². The molecule has 0 aliphatic carbocycles. The number of benzene rings is 2. The van der Waals surface area contributed by atoms with E-state index in [1.54, 1.807) is 19.2 Å². The zero-order chi connectivity index (χ0) is 20.7. The summed E-state index contributed by atoms with van der Waals surface area (Å²) in [6.07, 6.45) is 0.618. The van der Waals surface area contributed by atoms with Crippen LogP contribution in [-0.2, 0) is 16.4 Å². The van der Waals surface area contributed by atoms with Crippen molar-refractivity contribution in [3.8, 4) is 11.5 Å². The van der Waals surface area contributed by atoms with E-state index in [-0.39, 0.29) is 11.4 Å². The van der Waals surface area contributed by atoms with Gasteiger partial charge in [0.05, 0.1) is 25.7 Å². The van der Waals surface area contributed by atoms with Crippen LogP contribution < -0.4 is 19.5 Å². The lowest BCUT2D eigenvalue weighted by Crippen LogP contribution is -2.35. The molecule has 3 rings (SSSR count). The van der Waals surface area contributed by atoms with Gasteiger partial charge in [0, 0.05) is 19.5 Å². The van der Waals surface area contributed by atoms with Crippen LogP contribution in [-0.4, -0.2) is 53.9 Å². The molecule has 0 saturated heterocycles. The molecule has 0 fully saturated rings. The summed E-state index contributed by atoms with van der Waals surface area (Å²) in [5.41, 5.74) is 1.07. The van der Waals surface area contributed by atoms with Crippen LogP contribution in [0, 0.1) is 0 Å². The highest BCUT2D eigenvalue weighted by atomic mass is 32.2. The summed E-state index contributed by atoms with van der Waals surface area (Å²) in [6, 6.07) is 14.0. The van der Waals surface area contributed by atoms with Crippen molar-refractivity contribution in [1.82, 2.24) is 10.0 Å². The fraction of sp³-hybridized carbons (Fsp3) is 0.300. The van der Waals surface area contributed by atoms with Gasteiger partial charge in [-0.2, -0.15) is 0 Å². The lowest BCUT2D eigenvalue weighted by molar-refractivity contribution is 0.414. The lowest BCUT2D eigenvalue weighted by atomic mass is 10.1. The predicted molar refractivity (Wildman–Crippen MR) is 113 cm³/mol. The molecule has 154 valence electrons. The van der Waals surface area contributed by atoms with Crippen LogP contribution in [0.3, 0.4) is 0 Å². The summed E-state index contributed by atoms with van der Waals surface area (Å²) in [6.45, 7) is 1.11. The van der Waals surface area contributed by atoms with Crippen LogP contribution in [0.1, 0.15) is 5.56 Å². The number of methoxy groups -OCH3 is 2. The van der Waals surface area contributed by atoms with Gasteiger partial charge in [-0.1, -0.05) is 12.1 Å². The molecule has 0 atom stereocenters. The van der Waals surface area contributed by atoms with E-state index in [1.165, 1.54) is 19.2 Å². The van der Waals surface area contributed by atoms with Gasteiger partial charge in [-0.25, -0.2) is 18.1 Å². The Bertz CT molecular complexity index is 1000. The van der Waals surface area contributed by atoms with Crippen molar-refractivity contribution in [2.24, 2.45) is 9.98 Å². The molecule has 0 radical (unpaired) electrons. The van der Waals surface area contributed by atoms with Crippen molar-refractivity contribution < 1.29 is 17.9 Å². The lowest BCUT2D eigenvalue weighted by Gasteiger charge is -2.09. The Labute approximate surface area is 170 Å². The first-order chi connectivity index (χ1) is 14.0. The van der Waals surface area contributed by atoms with E-state index in [0.717, 1.165) is 23.0 Å². The Morgan fingerprint density at radius 3 is 2.48 bits per heavy atom. The Balaban J connectivity index is 1.45. The highest BCUT2D eigenvalue weighted by molar-refractivity contribution is 7.89. The van der Waals surface area contributed by atoms with E-state index in [0.29, 0.717) is 25.3 Å². The van der Waals surface area contributed by atoms with Gasteiger partial charge in [-0.3, -0.25) is 4.99 Å². The average molecular weight is 417 g/mol. The van der Waals surface area contributed by atoms with E-state index in [4.69, 9.17) is 9.47 Å². The number of sulfonamides is 1. The SMILES string of the molecule is COc1ccc(S(=O)(=O)NCCNC2=NC(Cc3cccc(OC)c3)=NC2)cc1. The molecule has 1 heterocycles. The maximum Gasteiger partial charge on any atom is 0.240 e. The van der Waals surface area contributed by atoms with Gasteiger partial charge in [0.25, 0.3) is 0 Å². The minimum absolute atomic E-state index is 0.195. The highest BCUT2D eigenvalue weighted by Crippen LogP contribution is 2.15. The van der Waals surface area contributed by atoms with Crippen molar-refractivity contribution in [2.45, 2.75) is 11.3 Å². The van der Waals surface area contributed by atoms with Gasteiger partial charge >= 0.3 is 0 Å². The molecule has 2 N–H and O–H groups in total. The molecule has 0 spiro atoms. The van der Waals surface area contributed by atoms with Crippen LogP contribution in [0.25, 0.3) is 0 Å². The monoisotopic (exact) mass is 416 g/mol. The second-order valence-electron chi connectivity index (χ2n) is 6.32. The standard InChI is InChI=1S/C20H24N4O4S/c1-27-16-6-8-18(9-7-16)29(25,26)23-11-10-21-20-14-22-19(24-20)13-15-4-3-5-17(12-15)28-2/h3-9,12,23H,10-11,13-14H2,1-2H3,(H,21,22,24). The number of hydrogen-bond acceptors (Lipinski definition) is 7. The normalized spacial score (nSPS) is 13.6. The summed E-state index contributed by atoms with van der Waals surface area (Å²) < 4.78 is 37.4. The topological polar surface area (TPSA) is 101 Å². The third kappa shape index (κ3) is 5.78. The largest absolute Gasteiger partial charge is 0.497 e. The zero-order valence-corrected chi connectivity index (χ0v) is 17.2. The van der Waals surface area contributed by atoms with Crippen LogP contribution in [0.2, 0.25) is 0 Å². The molecule has 0 unspecified atom stereocenters. The molecule has 0 amide bonds. The molecule has 0 saturated carbocycles. The highest BCUT2D eigenvalue weighted by Gasteiger charge is 2.14. The number of hydrogen-bond donors (Lipinski definition) is 2. The fourth-order valence-corrected chi connectivity index (χ4v) is 3.81. The molecule has 2 aromatic carbocycles. The Morgan fingerprint density at radius 2 is 1.76 bits per heavy atom. The molecular weight excluding hydrogens is 392 g/mol. The number of nitrogens with one attached hydrogen (secondary N) is 2. The quantitative estimate of drug-likeness (QED) is 0.605. The first-order valence-electron chi connectivity index (χ1n) is 9.11. The molecule has 0 bridgehead atoms. The van der Waals surface area contributed by atoms with Gasteiger partial charge < -0.3 is 14.8 Å². The third-order valence-corrected chi connectivity index (χ3v) is 5.76. The maximum atomic E-state index is 12.3. The zero-order valence-electron chi connectivity index (χ0n) is 16.4. The average Bonchev–Trinajstić information content (AvgIpc) is 3.18. The molecule has 29 heavy (non-hydrogen) atoms. The number of nitrogens with zero attached hydrogens (tertiary/aromatic N) is 2. The van der Waals surface area contributed by atoms with Gasteiger partial charge in [-0.05, 0) is 42.0 Å². The van der Waals surface area contributed by atoms with Crippen LogP contribution in [0.5, 0.6) is 11.5 Å². The second-order valence-corrected chi connectivity index (χ2v) is 8.09. The molecule has 0 aromatic heterocycles. The van der Waals surface area contributed by atoms with E-state index in [1.807, 2.05) is 24.3 Å². The van der Waals surface area contributed by atoms with Crippen molar-refractivity contribution in [3.63, 3.8) is 0 Å². The number of aliphatic imine (C=N–C) groups is 2. The van der Waals surface area contributed by atoms with Gasteiger partial charge in [0.1, 0.15) is 23.2 Å². The maximum absolute atomic E-state index is 12.3. The summed E-state index contributed by atoms with van der Waals surface area (Å²) in [7, 11) is -0.398. The third-order valence-electron chi connectivity index (χ3n) is 4.29. The molecule has 8 nitrogen and oxygen atoms in total. The summed E-state index contributed by atoms with van der Waals surface area (Å²) in [5, 5.41) is 3.13. The van der Waals surface area contributed by atoms with Crippen molar-refractivity contribution in [1.29, 1.82) is 0 Å². The van der Waals surface area contributed by atoms with E-state index in [9.17, 15) is 8.42 Å². The first kappa shape index (κ1) is 20.8. The summed E-state index contributed by atoms with van der Waals surface area (Å²) in [4.78, 5) is 9.09. The molecule has 1 aliphatic rings. The Morgan fingerprint density at radius 1 is 1.00 bits per heavy atom. The van der Waals surface area contributed by atoms with Crippen LogP contribution >= 0.6 is 0 Å². The number of ether oxygens (including phenoxy) is 2. The Hall–Kier alpha value is -2.91. The molecule has 1 aliphatic heterocycles. The minimum atomic E-state index is -3.57. The van der Waals surface area contributed by atoms with Crippen LogP contribution in [0.4, 0.5) is 0 Å². The molecule has 9 heteroatoms. The Kier molecular flexibility index (Phi) is 6.84. The molecular formula is C20H24N4O4S. The van der Waals surface area contributed by atoms with Gasteiger partial charge in [0.2, 0.25) is 10.0 Å². The fourth-order valence-electron chi connectivity index (χ4n) is 2.78. The van der Waals surface area contributed by atoms with Crippen molar-refractivity contribution >= 4 is 21.7 Å². The van der Waals surface area contributed by atoms with Gasteiger partial charge in [-0.15, -0.1) is 0 Å².